The first-order chi connectivity index (χ1) is 59.4. The molecule has 0 amide bonds. The van der Waals surface area contributed by atoms with Crippen LogP contribution in [0.5, 0.6) is 0 Å². The van der Waals surface area contributed by atoms with Gasteiger partial charge in [0.2, 0.25) is 15.9 Å². The fraction of sp³-hybridized carbons (Fsp3) is 0.108. The summed E-state index contributed by atoms with van der Waals surface area (Å²) >= 11 is 1.83. The highest BCUT2D eigenvalue weighted by Crippen LogP contribution is 2.43. The molecule has 0 radical (unpaired) electrons. The largest absolute Gasteiger partial charge is 0.419 e. The van der Waals surface area contributed by atoms with E-state index < -0.39 is 6.98 Å². The van der Waals surface area contributed by atoms with E-state index in [0.29, 0.717) is 17.7 Å². The van der Waals surface area contributed by atoms with Crippen molar-refractivity contribution >= 4 is 120 Å². The molecule has 0 saturated carbocycles. The number of hydrogen-bond donors (Lipinski definition) is 0. The van der Waals surface area contributed by atoms with Crippen molar-refractivity contribution in [3.63, 3.8) is 0 Å². The fourth-order valence-corrected chi connectivity index (χ4v) is 20.1. The molecule has 0 aliphatic carbocycles. The summed E-state index contributed by atoms with van der Waals surface area (Å²) in [7, 11) is 8.31. The highest BCUT2D eigenvalue weighted by atomic mass is 32.1. The number of imidazole rings is 5. The van der Waals surface area contributed by atoms with Crippen molar-refractivity contribution in [2.24, 2.45) is 35.2 Å². The smallest absolute Gasteiger partial charge is 0.340 e. The van der Waals surface area contributed by atoms with Crippen LogP contribution in [0.4, 0.5) is 0 Å². The van der Waals surface area contributed by atoms with Crippen LogP contribution < -0.4 is 22.8 Å². The molecule has 0 fully saturated rings. The topological polar surface area (TPSA) is 201 Å². The molecule has 23 aromatic rings. The van der Waals surface area contributed by atoms with Crippen LogP contribution in [0.15, 0.2) is 279 Å². The van der Waals surface area contributed by atoms with Gasteiger partial charge in [0.05, 0.1) is 85.8 Å². The number of rotatable bonds is 3. The second-order valence-corrected chi connectivity index (χ2v) is 31.2. The number of aromatic nitrogens is 23. The zero-order valence-electron chi connectivity index (χ0n) is 67.1. The predicted molar refractivity (Wildman–Crippen MR) is 452 cm³/mol. The van der Waals surface area contributed by atoms with Crippen LogP contribution in [0.25, 0.3) is 183 Å². The molecule has 5 aliphatic rings. The van der Waals surface area contributed by atoms with E-state index in [9.17, 15) is 0 Å². The zero-order valence-corrected chi connectivity index (χ0v) is 64.9. The van der Waals surface area contributed by atoms with Crippen molar-refractivity contribution in [1.82, 2.24) is 86.4 Å². The Morgan fingerprint density at radius 3 is 1.19 bits per heavy atom. The zero-order chi connectivity index (χ0) is 80.8. The highest BCUT2D eigenvalue weighted by Gasteiger charge is 2.43. The van der Waals surface area contributed by atoms with Crippen molar-refractivity contribution in [2.75, 3.05) is 0 Å². The Kier molecular flexibility index (Phi) is 14.0. The molecule has 0 spiro atoms. The van der Waals surface area contributed by atoms with Crippen molar-refractivity contribution in [1.29, 1.82) is 0 Å². The number of fused-ring (bicyclic) bond motifs is 35. The minimum Gasteiger partial charge on any atom is -0.419 e. The van der Waals surface area contributed by atoms with E-state index in [4.69, 9.17) is 8.53 Å². The Balaban J connectivity index is 0.0000000858. The lowest BCUT2D eigenvalue weighted by atomic mass is 10.2. The summed E-state index contributed by atoms with van der Waals surface area (Å²) in [5.41, 5.74) is 28.1. The number of furan rings is 1. The number of hydrogen-bond acceptors (Lipinski definition) is 12. The molecule has 0 N–H and O–H groups in total. The molecule has 0 atom stereocenters. The second kappa shape index (κ2) is 25.8. The van der Waals surface area contributed by atoms with Gasteiger partial charge in [0, 0.05) is 132 Å². The first-order valence-electron chi connectivity index (χ1n) is 40.5. The van der Waals surface area contributed by atoms with Gasteiger partial charge < -0.3 is 4.42 Å². The van der Waals surface area contributed by atoms with E-state index in [1.165, 1.54) is 91.8 Å². The maximum Gasteiger partial charge on any atom is 0.340 e. The average molecular weight is 1560 g/mol. The molecule has 564 valence electrons. The molecule has 3 aromatic carbocycles. The molecule has 24 nitrogen and oxygen atoms in total. The number of para-hydroxylation sites is 3. The van der Waals surface area contributed by atoms with Crippen LogP contribution in [0, 0.1) is 0 Å². The van der Waals surface area contributed by atoms with Gasteiger partial charge in [0.25, 0.3) is 34.4 Å². The summed E-state index contributed by atoms with van der Waals surface area (Å²) in [6, 6.07) is 61.9. The van der Waals surface area contributed by atoms with E-state index in [1.807, 2.05) is 156 Å². The van der Waals surface area contributed by atoms with E-state index in [2.05, 4.69) is 232 Å². The van der Waals surface area contributed by atoms with Crippen LogP contribution in [0.2, 0.25) is 0 Å². The quantitative estimate of drug-likeness (QED) is 0.152. The first kappa shape index (κ1) is 64.1. The Labute approximate surface area is 679 Å². The van der Waals surface area contributed by atoms with Gasteiger partial charge in [-0.25, -0.2) is 47.8 Å². The third-order valence-electron chi connectivity index (χ3n) is 23.8. The van der Waals surface area contributed by atoms with Gasteiger partial charge in [-0.15, -0.1) is 0 Å². The van der Waals surface area contributed by atoms with Crippen LogP contribution in [-0.2, 0) is 67.9 Å². The molecule has 0 unspecified atom stereocenters. The SMILES string of the molecule is Cn1c2[n+](c3c1c1cnccc1n3-c1ccccc1)Cc1cccnc1-2.Cn1c2[n+](c3c1c1cnccc1n3C)Cc1cccnc1-2.[2H]C([2H])([2H])n1c2ccncc2c2c1[n+]1c(n2C)-c2ncccc2C1.c1ccc(-n2c3[n+](c4oc5ccncc5c42)Cc2cccnc2-3)cc1.c1ccc(-n2c3[n+](c4sc5ccncc5c42)Cc2cccnc2-3)cc1. The van der Waals surface area contributed by atoms with Gasteiger partial charge in [-0.3, -0.25) is 47.8 Å². The maximum atomic E-state index is 8.02. The summed E-state index contributed by atoms with van der Waals surface area (Å²) in [5.74, 6) is 5.48. The third kappa shape index (κ3) is 9.60. The Hall–Kier alpha value is -15.4. The molecule has 20 aromatic heterocycles. The summed E-state index contributed by atoms with van der Waals surface area (Å²) in [5, 5.41) is 5.40. The lowest BCUT2D eigenvalue weighted by Gasteiger charge is -2.03. The highest BCUT2D eigenvalue weighted by molar-refractivity contribution is 7.25. The van der Waals surface area contributed by atoms with Crippen molar-refractivity contribution in [2.45, 2.75) is 32.7 Å². The maximum absolute atomic E-state index is 8.02. The van der Waals surface area contributed by atoms with Crippen LogP contribution in [0.1, 0.15) is 31.9 Å². The Morgan fingerprint density at radius 2 is 0.686 bits per heavy atom. The van der Waals surface area contributed by atoms with Crippen molar-refractivity contribution in [3.8, 4) is 74.7 Å². The number of nitrogens with zero attached hydrogens (tertiary/aromatic N) is 23. The van der Waals surface area contributed by atoms with E-state index in [1.54, 1.807) is 30.9 Å². The third-order valence-corrected chi connectivity index (χ3v) is 25.0. The van der Waals surface area contributed by atoms with Crippen molar-refractivity contribution < 1.29 is 31.4 Å². The molecule has 28 rings (SSSR count). The summed E-state index contributed by atoms with van der Waals surface area (Å²) in [6.07, 6.45) is 27.7. The minimum atomic E-state index is -2.27. The fourth-order valence-electron chi connectivity index (χ4n) is 19.0. The van der Waals surface area contributed by atoms with E-state index in [-0.39, 0.29) is 0 Å². The first-order valence-corrected chi connectivity index (χ1v) is 39.8. The van der Waals surface area contributed by atoms with Gasteiger partial charge in [-0.05, 0) is 91.0 Å². The monoisotopic (exact) mass is 1560 g/mol. The molecule has 118 heavy (non-hydrogen) atoms. The normalized spacial score (nSPS) is 13.3. The molecule has 0 saturated heterocycles. The molecular weight excluding hydrogens is 1490 g/mol. The number of pyridine rings is 10. The number of benzene rings is 3. The summed E-state index contributed by atoms with van der Waals surface area (Å²) in [6.45, 7) is 1.71. The number of aryl methyl sites for hydroxylation is 5. The molecule has 5 aliphatic heterocycles. The summed E-state index contributed by atoms with van der Waals surface area (Å²) in [4.78, 5) is 45.9. The lowest BCUT2D eigenvalue weighted by Crippen LogP contribution is -2.33. The second-order valence-electron chi connectivity index (χ2n) is 30.1. The Morgan fingerprint density at radius 1 is 0.314 bits per heavy atom. The lowest BCUT2D eigenvalue weighted by molar-refractivity contribution is -0.652. The van der Waals surface area contributed by atoms with E-state index >= 15 is 0 Å². The van der Waals surface area contributed by atoms with Gasteiger partial charge in [0.1, 0.15) is 69.4 Å². The molecule has 0 bridgehead atoms. The van der Waals surface area contributed by atoms with Gasteiger partial charge in [-0.2, -0.15) is 13.7 Å². The van der Waals surface area contributed by atoms with Crippen molar-refractivity contribution in [3.05, 3.63) is 303 Å². The van der Waals surface area contributed by atoms with Crippen LogP contribution in [0.3, 0.4) is 0 Å². The van der Waals surface area contributed by atoms with Gasteiger partial charge >= 0.3 is 17.4 Å². The van der Waals surface area contributed by atoms with Crippen LogP contribution in [-0.4, -0.2) is 86.4 Å². The van der Waals surface area contributed by atoms with Gasteiger partial charge in [0.15, 0.2) is 27.9 Å². The molecule has 25 heterocycles. The summed E-state index contributed by atoms with van der Waals surface area (Å²) < 4.78 is 60.1. The number of thiophene rings is 1. The van der Waals surface area contributed by atoms with E-state index in [0.717, 1.165) is 139 Å². The van der Waals surface area contributed by atoms with Gasteiger partial charge in [-0.1, -0.05) is 96.3 Å². The minimum absolute atomic E-state index is 0.621. The average Bonchev–Trinajstić information content (AvgIpc) is 1.55. The standard InChI is InChI=1S/C21H16N5.C20H13N4O.C20H13N4S.2C16H14N5/c1-24-19-16-12-22-11-9-17(16)26(15-7-3-2-4-8-15)21(19)25-13-14-6-5-10-23-18(14)20(24)25;2*1-2-6-14(7-3-1)24-18-15-11-21-10-8-16(15)25-20(18)23-12-13-5-4-9-22-17(13)19(23)24;2*1-19-12-5-7-17-8-11(12)14-16(19)21-9-10-4-3-6-18-13(10)15(21)20(14)2/h2-12H,13H2,1H3;2*1-11H,12H2;2*3-8H,9H2,1-2H3/q5*+1/i;;;1D3;. The molecular formula is C93H70N23OS+5. The Bertz CT molecular complexity index is 8060. The van der Waals surface area contributed by atoms with Crippen LogP contribution >= 0.6 is 11.3 Å². The predicted octanol–water partition coefficient (Wildman–Crippen LogP) is 14.2. The molecule has 25 heteroatoms.